The molecule has 128 valence electrons. The fraction of sp³-hybridized carbons (Fsp3) is 0.733. The summed E-state index contributed by atoms with van der Waals surface area (Å²) in [4.78, 5) is 15.5. The molecule has 1 aliphatic carbocycles. The smallest absolute Gasteiger partial charge is 0.351 e. The van der Waals surface area contributed by atoms with E-state index in [1.165, 1.54) is 11.0 Å². The zero-order chi connectivity index (χ0) is 16.3. The summed E-state index contributed by atoms with van der Waals surface area (Å²) >= 11 is 0. The van der Waals surface area contributed by atoms with Gasteiger partial charge in [-0.3, -0.25) is 4.57 Å². The Kier molecular flexibility index (Phi) is 4.96. The van der Waals surface area contributed by atoms with E-state index in [9.17, 15) is 4.79 Å². The summed E-state index contributed by atoms with van der Waals surface area (Å²) in [7, 11) is 1.67. The average Bonchev–Trinajstić information content (AvgIpc) is 3.02. The minimum atomic E-state index is -0.539. The Hall–Kier alpha value is -1.48. The van der Waals surface area contributed by atoms with Gasteiger partial charge in [-0.15, -0.1) is 0 Å². The fourth-order valence-electron chi connectivity index (χ4n) is 3.04. The van der Waals surface area contributed by atoms with Crippen LogP contribution in [0.5, 0.6) is 0 Å². The van der Waals surface area contributed by atoms with Crippen LogP contribution < -0.4 is 11.4 Å². The van der Waals surface area contributed by atoms with Crippen molar-refractivity contribution in [1.29, 1.82) is 0 Å². The van der Waals surface area contributed by atoms with Gasteiger partial charge in [0, 0.05) is 26.1 Å². The zero-order valence-electron chi connectivity index (χ0n) is 13.3. The maximum Gasteiger partial charge on any atom is 0.351 e. The van der Waals surface area contributed by atoms with Gasteiger partial charge < -0.3 is 24.7 Å². The third-order valence-electron chi connectivity index (χ3n) is 4.37. The summed E-state index contributed by atoms with van der Waals surface area (Å²) in [5.74, 6) is -0.354. The number of nitrogen functional groups attached to an aromatic ring is 1. The first-order chi connectivity index (χ1) is 11.1. The van der Waals surface area contributed by atoms with E-state index in [-0.39, 0.29) is 19.0 Å². The monoisotopic (exact) mass is 325 g/mol. The van der Waals surface area contributed by atoms with Crippen molar-refractivity contribution >= 4 is 5.82 Å². The van der Waals surface area contributed by atoms with Crippen molar-refractivity contribution in [2.24, 2.45) is 0 Å². The second-order valence-corrected chi connectivity index (χ2v) is 5.88. The molecule has 8 nitrogen and oxygen atoms in total. The van der Waals surface area contributed by atoms with E-state index >= 15 is 0 Å². The van der Waals surface area contributed by atoms with Gasteiger partial charge in [0.25, 0.3) is 0 Å². The minimum Gasteiger partial charge on any atom is -0.383 e. The van der Waals surface area contributed by atoms with Crippen LogP contribution in [0.2, 0.25) is 0 Å². The van der Waals surface area contributed by atoms with Crippen LogP contribution >= 0.6 is 0 Å². The van der Waals surface area contributed by atoms with Crippen LogP contribution in [0.15, 0.2) is 17.1 Å². The van der Waals surface area contributed by atoms with Crippen molar-refractivity contribution in [2.45, 2.75) is 50.4 Å². The number of rotatable bonds is 5. The van der Waals surface area contributed by atoms with Crippen LogP contribution in [0, 0.1) is 0 Å². The molecule has 2 N–H and O–H groups in total. The molecule has 8 heteroatoms. The molecule has 0 radical (unpaired) electrons. The highest BCUT2D eigenvalue weighted by Crippen LogP contribution is 2.33. The van der Waals surface area contributed by atoms with Gasteiger partial charge in [-0.2, -0.15) is 4.98 Å². The summed E-state index contributed by atoms with van der Waals surface area (Å²) < 4.78 is 24.2. The first-order valence-electron chi connectivity index (χ1n) is 7.93. The fourth-order valence-corrected chi connectivity index (χ4v) is 3.04. The van der Waals surface area contributed by atoms with Crippen molar-refractivity contribution in [3.8, 4) is 0 Å². The van der Waals surface area contributed by atoms with E-state index in [1.807, 2.05) is 0 Å². The maximum absolute atomic E-state index is 11.8. The molecule has 0 aromatic carbocycles. The van der Waals surface area contributed by atoms with Crippen LogP contribution in [-0.4, -0.2) is 42.0 Å². The van der Waals surface area contributed by atoms with Gasteiger partial charge in [-0.1, -0.05) is 6.42 Å². The lowest BCUT2D eigenvalue weighted by Crippen LogP contribution is -2.39. The summed E-state index contributed by atoms with van der Waals surface area (Å²) in [6, 6.07) is 1.55. The molecule has 2 aliphatic rings. The Morgan fingerprint density at radius 3 is 2.91 bits per heavy atom. The van der Waals surface area contributed by atoms with Gasteiger partial charge in [0.05, 0.1) is 6.61 Å². The molecule has 1 aromatic heterocycles. The maximum atomic E-state index is 11.8. The topological polar surface area (TPSA) is 97.8 Å². The molecule has 0 bridgehead atoms. The Bertz CT molecular complexity index is 585. The van der Waals surface area contributed by atoms with Gasteiger partial charge in [0.2, 0.25) is 0 Å². The number of hydrogen-bond acceptors (Lipinski definition) is 7. The van der Waals surface area contributed by atoms with E-state index < -0.39 is 24.0 Å². The molecule has 0 unspecified atom stereocenters. The quantitative estimate of drug-likeness (QED) is 0.807. The largest absolute Gasteiger partial charge is 0.383 e. The number of hydrogen-bond donors (Lipinski definition) is 1. The number of aromatic nitrogens is 2. The standard InChI is InChI=1S/C15H23N3O5/c1-20-15(6-3-2-4-7-15)22-10-13-21-9-12(23-13)18-8-5-11(16)17-14(18)19/h5,8,12-13H,2-4,6-7,9-10H2,1H3,(H2,16,17,19)/t12-,13-/m0/s1. The van der Waals surface area contributed by atoms with Crippen molar-refractivity contribution in [3.05, 3.63) is 22.7 Å². The Balaban J connectivity index is 1.56. The zero-order valence-corrected chi connectivity index (χ0v) is 13.3. The van der Waals surface area contributed by atoms with Gasteiger partial charge >= 0.3 is 5.69 Å². The number of methoxy groups -OCH3 is 1. The lowest BCUT2D eigenvalue weighted by molar-refractivity contribution is -0.264. The highest BCUT2D eigenvalue weighted by Gasteiger charge is 2.36. The molecule has 0 amide bonds. The van der Waals surface area contributed by atoms with E-state index in [0.29, 0.717) is 0 Å². The molecule has 1 saturated heterocycles. The molecule has 2 fully saturated rings. The second-order valence-electron chi connectivity index (χ2n) is 5.88. The highest BCUT2D eigenvalue weighted by atomic mass is 16.8. The summed E-state index contributed by atoms with van der Waals surface area (Å²) in [6.45, 7) is 0.529. The molecule has 0 spiro atoms. The third-order valence-corrected chi connectivity index (χ3v) is 4.37. The lowest BCUT2D eigenvalue weighted by Gasteiger charge is -2.36. The van der Waals surface area contributed by atoms with Crippen molar-refractivity contribution in [1.82, 2.24) is 9.55 Å². The van der Waals surface area contributed by atoms with E-state index in [4.69, 9.17) is 24.7 Å². The molecule has 1 aromatic rings. The molecule has 1 aliphatic heterocycles. The number of anilines is 1. The molecule has 2 atom stereocenters. The first kappa shape index (κ1) is 16.4. The molecular weight excluding hydrogens is 302 g/mol. The normalized spacial score (nSPS) is 27.2. The van der Waals surface area contributed by atoms with Crippen molar-refractivity contribution in [3.63, 3.8) is 0 Å². The Morgan fingerprint density at radius 1 is 1.43 bits per heavy atom. The average molecular weight is 325 g/mol. The second kappa shape index (κ2) is 6.96. The molecule has 2 heterocycles. The molecule has 3 rings (SSSR count). The number of nitrogens with zero attached hydrogens (tertiary/aromatic N) is 2. The first-order valence-corrected chi connectivity index (χ1v) is 7.93. The van der Waals surface area contributed by atoms with Crippen molar-refractivity contribution in [2.75, 3.05) is 26.1 Å². The SMILES string of the molecule is COC1(OC[C@H]2OC[C@@H](n3ccc(N)nc3=O)O2)CCCCC1. The third kappa shape index (κ3) is 3.72. The predicted molar refractivity (Wildman–Crippen MR) is 81.5 cm³/mol. The Labute approximate surface area is 134 Å². The summed E-state index contributed by atoms with van der Waals surface area (Å²) in [5, 5.41) is 0. The van der Waals surface area contributed by atoms with Gasteiger partial charge in [-0.05, 0) is 18.9 Å². The molecular formula is C15H23N3O5. The predicted octanol–water partition coefficient (Wildman–Crippen LogP) is 1.02. The van der Waals surface area contributed by atoms with E-state index in [1.54, 1.807) is 19.4 Å². The van der Waals surface area contributed by atoms with Crippen LogP contribution in [-0.2, 0) is 18.9 Å². The van der Waals surface area contributed by atoms with Gasteiger partial charge in [-0.25, -0.2) is 4.79 Å². The van der Waals surface area contributed by atoms with Crippen molar-refractivity contribution < 1.29 is 18.9 Å². The number of ether oxygens (including phenoxy) is 4. The minimum absolute atomic E-state index is 0.185. The lowest BCUT2D eigenvalue weighted by atomic mass is 9.94. The Morgan fingerprint density at radius 2 is 2.22 bits per heavy atom. The van der Waals surface area contributed by atoms with E-state index in [0.717, 1.165) is 25.7 Å². The van der Waals surface area contributed by atoms with Gasteiger partial charge in [0.15, 0.2) is 18.3 Å². The van der Waals surface area contributed by atoms with Crippen LogP contribution in [0.3, 0.4) is 0 Å². The van der Waals surface area contributed by atoms with Crippen LogP contribution in [0.4, 0.5) is 5.82 Å². The summed E-state index contributed by atoms with van der Waals surface area (Å²) in [5.41, 5.74) is 5.03. The van der Waals surface area contributed by atoms with Crippen LogP contribution in [0.1, 0.15) is 38.3 Å². The van der Waals surface area contributed by atoms with Gasteiger partial charge in [0.1, 0.15) is 12.4 Å². The summed E-state index contributed by atoms with van der Waals surface area (Å²) in [6.07, 6.45) is 5.65. The molecule has 1 saturated carbocycles. The van der Waals surface area contributed by atoms with E-state index in [2.05, 4.69) is 4.98 Å². The van der Waals surface area contributed by atoms with Crippen LogP contribution in [0.25, 0.3) is 0 Å². The molecule has 23 heavy (non-hydrogen) atoms. The number of nitrogens with two attached hydrogens (primary N) is 1. The highest BCUT2D eigenvalue weighted by molar-refractivity contribution is 5.23.